The summed E-state index contributed by atoms with van der Waals surface area (Å²) < 4.78 is 22.8. The van der Waals surface area contributed by atoms with Gasteiger partial charge in [0.15, 0.2) is 0 Å². The normalized spacial score (nSPS) is 15.1. The molecule has 1 amide bonds. The summed E-state index contributed by atoms with van der Waals surface area (Å²) in [6.45, 7) is 2.02. The number of halogens is 1. The molecule has 7 heteroatoms. The highest BCUT2D eigenvalue weighted by molar-refractivity contribution is 6.31. The van der Waals surface area contributed by atoms with Gasteiger partial charge in [0.2, 0.25) is 0 Å². The average Bonchev–Trinajstić information content (AvgIpc) is 3.36. The topological polar surface area (TPSA) is 66.0 Å². The molecule has 1 aliphatic rings. The van der Waals surface area contributed by atoms with Crippen molar-refractivity contribution in [2.45, 2.75) is 18.9 Å². The van der Waals surface area contributed by atoms with Crippen molar-refractivity contribution < 1.29 is 23.7 Å². The Morgan fingerprint density at radius 3 is 2.36 bits per heavy atom. The molecule has 0 radical (unpaired) electrons. The van der Waals surface area contributed by atoms with Crippen molar-refractivity contribution in [3.63, 3.8) is 0 Å². The van der Waals surface area contributed by atoms with E-state index in [0.29, 0.717) is 47.6 Å². The van der Waals surface area contributed by atoms with E-state index in [1.165, 1.54) is 0 Å². The minimum Gasteiger partial charge on any atom is -0.490 e. The third-order valence-electron chi connectivity index (χ3n) is 5.12. The highest BCUT2D eigenvalue weighted by Gasteiger charge is 2.18. The Morgan fingerprint density at radius 2 is 1.67 bits per heavy atom. The number of rotatable bonds is 10. The fourth-order valence-corrected chi connectivity index (χ4v) is 3.59. The van der Waals surface area contributed by atoms with Crippen molar-refractivity contribution in [1.82, 2.24) is 0 Å². The third-order valence-corrected chi connectivity index (χ3v) is 5.35. The lowest BCUT2D eigenvalue weighted by molar-refractivity contribution is 0.0682. The highest BCUT2D eigenvalue weighted by atomic mass is 35.5. The summed E-state index contributed by atoms with van der Waals surface area (Å²) in [5, 5.41) is 3.39. The van der Waals surface area contributed by atoms with E-state index in [-0.39, 0.29) is 12.0 Å². The first-order valence-corrected chi connectivity index (χ1v) is 11.3. The Balaban J connectivity index is 1.29. The second-order valence-electron chi connectivity index (χ2n) is 7.57. The largest absolute Gasteiger partial charge is 0.490 e. The second-order valence-corrected chi connectivity index (χ2v) is 8.01. The van der Waals surface area contributed by atoms with E-state index in [0.717, 1.165) is 25.2 Å². The molecule has 1 saturated heterocycles. The van der Waals surface area contributed by atoms with Gasteiger partial charge in [-0.15, -0.1) is 0 Å². The molecule has 0 bridgehead atoms. The summed E-state index contributed by atoms with van der Waals surface area (Å²) in [5.74, 6) is 1.75. The molecule has 1 N–H and O–H groups in total. The van der Waals surface area contributed by atoms with Gasteiger partial charge < -0.3 is 24.3 Å². The van der Waals surface area contributed by atoms with Gasteiger partial charge in [0, 0.05) is 17.2 Å². The van der Waals surface area contributed by atoms with E-state index in [1.54, 1.807) is 42.5 Å². The SMILES string of the molecule is O=C(Nc1cc(Cl)ccc1OCC1CCCO1)c1ccc(OCCOc2ccccc2)cc1. The number of carbonyl (C=O) groups excluding carboxylic acids is 1. The fraction of sp³-hybridized carbons (Fsp3) is 0.269. The molecule has 1 aliphatic heterocycles. The van der Waals surface area contributed by atoms with E-state index in [4.69, 9.17) is 30.5 Å². The van der Waals surface area contributed by atoms with Gasteiger partial charge in [-0.1, -0.05) is 29.8 Å². The molecule has 4 rings (SSSR count). The summed E-state index contributed by atoms with van der Waals surface area (Å²) in [6.07, 6.45) is 2.09. The Hall–Kier alpha value is -3.22. The summed E-state index contributed by atoms with van der Waals surface area (Å²) in [6, 6.07) is 21.6. The van der Waals surface area contributed by atoms with Crippen LogP contribution in [0.25, 0.3) is 0 Å². The number of hydrogen-bond acceptors (Lipinski definition) is 5. The van der Waals surface area contributed by atoms with Crippen LogP contribution in [0.2, 0.25) is 5.02 Å². The maximum absolute atomic E-state index is 12.8. The summed E-state index contributed by atoms with van der Waals surface area (Å²) in [4.78, 5) is 12.8. The van der Waals surface area contributed by atoms with Crippen molar-refractivity contribution in [3.05, 3.63) is 83.4 Å². The lowest BCUT2D eigenvalue weighted by atomic mass is 10.2. The van der Waals surface area contributed by atoms with Crippen LogP contribution in [0.15, 0.2) is 72.8 Å². The number of hydrogen-bond donors (Lipinski definition) is 1. The molecule has 3 aromatic carbocycles. The smallest absolute Gasteiger partial charge is 0.255 e. The molecular weight excluding hydrogens is 442 g/mol. The van der Waals surface area contributed by atoms with E-state index in [1.807, 2.05) is 30.3 Å². The van der Waals surface area contributed by atoms with Crippen LogP contribution >= 0.6 is 11.6 Å². The van der Waals surface area contributed by atoms with E-state index < -0.39 is 0 Å². The maximum atomic E-state index is 12.8. The van der Waals surface area contributed by atoms with Crippen molar-refractivity contribution in [3.8, 4) is 17.2 Å². The van der Waals surface area contributed by atoms with Crippen molar-refractivity contribution in [1.29, 1.82) is 0 Å². The number of para-hydroxylation sites is 1. The van der Waals surface area contributed by atoms with Gasteiger partial charge in [-0.2, -0.15) is 0 Å². The predicted octanol–water partition coefficient (Wildman–Crippen LogP) is 5.61. The van der Waals surface area contributed by atoms with Crippen molar-refractivity contribution in [2.75, 3.05) is 31.7 Å². The molecular formula is C26H26ClNO5. The molecule has 0 spiro atoms. The predicted molar refractivity (Wildman–Crippen MR) is 128 cm³/mol. The first kappa shape index (κ1) is 23.0. The fourth-order valence-electron chi connectivity index (χ4n) is 3.42. The van der Waals surface area contributed by atoms with Gasteiger partial charge in [-0.25, -0.2) is 0 Å². The monoisotopic (exact) mass is 467 g/mol. The number of nitrogens with one attached hydrogen (secondary N) is 1. The van der Waals surface area contributed by atoms with Gasteiger partial charge in [0.1, 0.15) is 37.1 Å². The molecule has 1 atom stereocenters. The van der Waals surface area contributed by atoms with Crippen molar-refractivity contribution >= 4 is 23.2 Å². The van der Waals surface area contributed by atoms with Gasteiger partial charge >= 0.3 is 0 Å². The molecule has 1 unspecified atom stereocenters. The molecule has 0 aromatic heterocycles. The van der Waals surface area contributed by atoms with Gasteiger partial charge in [0.05, 0.1) is 11.8 Å². The van der Waals surface area contributed by atoms with Crippen LogP contribution in [0.5, 0.6) is 17.2 Å². The Morgan fingerprint density at radius 1 is 0.939 bits per heavy atom. The van der Waals surface area contributed by atoms with Crippen LogP contribution in [0.1, 0.15) is 23.2 Å². The zero-order valence-corrected chi connectivity index (χ0v) is 18.9. The van der Waals surface area contributed by atoms with Crippen LogP contribution in [-0.2, 0) is 4.74 Å². The zero-order valence-electron chi connectivity index (χ0n) is 18.2. The van der Waals surface area contributed by atoms with Crippen molar-refractivity contribution in [2.24, 2.45) is 0 Å². The quantitative estimate of drug-likeness (QED) is 0.393. The minimum absolute atomic E-state index is 0.0786. The van der Waals surface area contributed by atoms with Crippen LogP contribution in [-0.4, -0.2) is 38.4 Å². The maximum Gasteiger partial charge on any atom is 0.255 e. The summed E-state index contributed by atoms with van der Waals surface area (Å²) in [7, 11) is 0. The Bertz CT molecular complexity index is 1040. The first-order chi connectivity index (χ1) is 16.2. The highest BCUT2D eigenvalue weighted by Crippen LogP contribution is 2.29. The molecule has 0 aliphatic carbocycles. The van der Waals surface area contributed by atoms with Gasteiger partial charge in [0.25, 0.3) is 5.91 Å². The van der Waals surface area contributed by atoms with Crippen LogP contribution < -0.4 is 19.5 Å². The van der Waals surface area contributed by atoms with Gasteiger partial charge in [-0.05, 0) is 67.4 Å². The minimum atomic E-state index is -0.266. The molecule has 3 aromatic rings. The molecule has 172 valence electrons. The zero-order chi connectivity index (χ0) is 22.9. The van der Waals surface area contributed by atoms with E-state index in [9.17, 15) is 4.79 Å². The second kappa shape index (κ2) is 11.6. The Labute approximate surface area is 198 Å². The average molecular weight is 468 g/mol. The summed E-state index contributed by atoms with van der Waals surface area (Å²) >= 11 is 6.14. The number of amides is 1. The van der Waals surface area contributed by atoms with E-state index >= 15 is 0 Å². The van der Waals surface area contributed by atoms with Crippen LogP contribution in [0, 0.1) is 0 Å². The van der Waals surface area contributed by atoms with Crippen LogP contribution in [0.4, 0.5) is 5.69 Å². The molecule has 0 saturated carbocycles. The standard InChI is InChI=1S/C26H26ClNO5/c27-20-10-13-25(33-18-23-7-4-14-30-23)24(17-20)28-26(29)19-8-11-22(12-9-19)32-16-15-31-21-5-2-1-3-6-21/h1-3,5-6,8-13,17,23H,4,7,14-16,18H2,(H,28,29). The van der Waals surface area contributed by atoms with E-state index in [2.05, 4.69) is 5.32 Å². The molecule has 33 heavy (non-hydrogen) atoms. The number of anilines is 1. The number of carbonyl (C=O) groups is 1. The van der Waals surface area contributed by atoms with Crippen LogP contribution in [0.3, 0.4) is 0 Å². The van der Waals surface area contributed by atoms with Gasteiger partial charge in [-0.3, -0.25) is 4.79 Å². The summed E-state index contributed by atoms with van der Waals surface area (Å²) in [5.41, 5.74) is 1.01. The molecule has 1 fully saturated rings. The third kappa shape index (κ3) is 6.88. The number of benzene rings is 3. The molecule has 6 nitrogen and oxygen atoms in total. The Kier molecular flexibility index (Phi) is 8.06. The molecule has 1 heterocycles. The lowest BCUT2D eigenvalue weighted by Gasteiger charge is -2.15. The lowest BCUT2D eigenvalue weighted by Crippen LogP contribution is -2.18. The number of ether oxygens (including phenoxy) is 4. The first-order valence-electron chi connectivity index (χ1n) is 10.9.